The largest absolute Gasteiger partial charge is 0.497 e. The molecule has 0 saturated heterocycles. The average Bonchev–Trinajstić information content (AvgIpc) is 3.59. The molecular formula is C30H33N5O3. The number of nitrogens with zero attached hydrogens (tertiary/aromatic N) is 4. The van der Waals surface area contributed by atoms with Gasteiger partial charge in [-0.1, -0.05) is 54.5 Å². The minimum atomic E-state index is -0.895. The molecular weight excluding hydrogens is 478 g/mol. The number of fused-ring (bicyclic) bond motifs is 1. The van der Waals surface area contributed by atoms with Crippen LogP contribution in [0.3, 0.4) is 0 Å². The lowest BCUT2D eigenvalue weighted by Crippen LogP contribution is -2.47. The quantitative estimate of drug-likeness (QED) is 0.364. The first-order chi connectivity index (χ1) is 18.4. The maximum atomic E-state index is 14.3. The van der Waals surface area contributed by atoms with Crippen LogP contribution in [0.5, 0.6) is 5.75 Å². The standard InChI is InChI=1S/C30H33N5O3/c1-20-15-16-21(2)27(17-20)35(28(36)19-34-26-14-7-6-13-25(26)32-33-34)29(22-9-8-12-24(18-22)38-3)30(37)31-23-10-4-5-11-23/h6-9,12-18,23,29H,4-5,10-11,19H2,1-3H3,(H,31,37). The maximum absolute atomic E-state index is 14.3. The molecule has 1 atom stereocenters. The Morgan fingerprint density at radius 2 is 1.84 bits per heavy atom. The van der Waals surface area contributed by atoms with Gasteiger partial charge < -0.3 is 10.1 Å². The van der Waals surface area contributed by atoms with Crippen LogP contribution in [0.1, 0.15) is 48.4 Å². The zero-order chi connectivity index (χ0) is 26.6. The molecule has 3 aromatic carbocycles. The fourth-order valence-electron chi connectivity index (χ4n) is 5.21. The van der Waals surface area contributed by atoms with Crippen LogP contribution in [0, 0.1) is 13.8 Å². The van der Waals surface area contributed by atoms with Crippen LogP contribution in [-0.2, 0) is 16.1 Å². The Morgan fingerprint density at radius 1 is 1.05 bits per heavy atom. The Bertz CT molecular complexity index is 1460. The predicted octanol–water partition coefficient (Wildman–Crippen LogP) is 4.89. The van der Waals surface area contributed by atoms with Gasteiger partial charge >= 0.3 is 0 Å². The second kappa shape index (κ2) is 11.0. The highest BCUT2D eigenvalue weighted by Crippen LogP contribution is 2.34. The molecule has 1 fully saturated rings. The Kier molecular flexibility index (Phi) is 7.40. The number of carbonyl (C=O) groups is 2. The predicted molar refractivity (Wildman–Crippen MR) is 147 cm³/mol. The van der Waals surface area contributed by atoms with Crippen molar-refractivity contribution in [2.45, 2.75) is 58.2 Å². The molecule has 8 heteroatoms. The molecule has 0 spiro atoms. The van der Waals surface area contributed by atoms with Crippen LogP contribution in [-0.4, -0.2) is 40.0 Å². The van der Waals surface area contributed by atoms with Crippen LogP contribution in [0.2, 0.25) is 0 Å². The SMILES string of the molecule is COc1cccc(C(C(=O)NC2CCCC2)N(C(=O)Cn2nnc3ccccc32)c2cc(C)ccc2C)c1. The highest BCUT2D eigenvalue weighted by atomic mass is 16.5. The molecule has 0 aliphatic heterocycles. The van der Waals surface area contributed by atoms with Crippen molar-refractivity contribution < 1.29 is 14.3 Å². The van der Waals surface area contributed by atoms with E-state index in [1.807, 2.05) is 80.6 Å². The fraction of sp³-hybridized carbons (Fsp3) is 0.333. The molecule has 1 heterocycles. The summed E-state index contributed by atoms with van der Waals surface area (Å²) in [6.07, 6.45) is 4.07. The van der Waals surface area contributed by atoms with Gasteiger partial charge in [-0.3, -0.25) is 14.5 Å². The van der Waals surface area contributed by atoms with Gasteiger partial charge in [-0.05, 0) is 73.7 Å². The molecule has 4 aromatic rings. The summed E-state index contributed by atoms with van der Waals surface area (Å²) < 4.78 is 7.07. The Labute approximate surface area is 222 Å². The number of ether oxygens (including phenoxy) is 1. The smallest absolute Gasteiger partial charge is 0.249 e. The number of hydrogen-bond donors (Lipinski definition) is 1. The van der Waals surface area contributed by atoms with E-state index in [1.165, 1.54) is 0 Å². The van der Waals surface area contributed by atoms with Gasteiger partial charge in [0.05, 0.1) is 12.6 Å². The number of hydrogen-bond acceptors (Lipinski definition) is 5. The molecule has 1 aliphatic rings. The minimum absolute atomic E-state index is 0.0644. The fourth-order valence-corrected chi connectivity index (χ4v) is 5.21. The van der Waals surface area contributed by atoms with Crippen molar-refractivity contribution in [3.8, 4) is 5.75 Å². The lowest BCUT2D eigenvalue weighted by molar-refractivity contribution is -0.127. The molecule has 2 amide bonds. The summed E-state index contributed by atoms with van der Waals surface area (Å²) in [4.78, 5) is 29.9. The molecule has 1 N–H and O–H groups in total. The van der Waals surface area contributed by atoms with Crippen LogP contribution < -0.4 is 15.0 Å². The highest BCUT2D eigenvalue weighted by Gasteiger charge is 2.35. The van der Waals surface area contributed by atoms with Crippen molar-refractivity contribution in [1.82, 2.24) is 20.3 Å². The molecule has 1 unspecified atom stereocenters. The molecule has 196 valence electrons. The summed E-state index contributed by atoms with van der Waals surface area (Å²) in [6, 6.07) is 20.1. The number of anilines is 1. The number of methoxy groups -OCH3 is 1. The summed E-state index contributed by atoms with van der Waals surface area (Å²) in [7, 11) is 1.59. The number of carbonyl (C=O) groups excluding carboxylic acids is 2. The Balaban J connectivity index is 1.62. The summed E-state index contributed by atoms with van der Waals surface area (Å²) in [5, 5.41) is 11.7. The third kappa shape index (κ3) is 5.25. The van der Waals surface area contributed by atoms with Crippen LogP contribution >= 0.6 is 0 Å². The van der Waals surface area contributed by atoms with Crippen molar-refractivity contribution in [2.75, 3.05) is 12.0 Å². The number of para-hydroxylation sites is 1. The van der Waals surface area contributed by atoms with Gasteiger partial charge in [0.25, 0.3) is 0 Å². The first-order valence-corrected chi connectivity index (χ1v) is 13.1. The maximum Gasteiger partial charge on any atom is 0.249 e. The van der Waals surface area contributed by atoms with Crippen molar-refractivity contribution in [3.63, 3.8) is 0 Å². The topological polar surface area (TPSA) is 89.4 Å². The van der Waals surface area contributed by atoms with E-state index in [1.54, 1.807) is 16.7 Å². The van der Waals surface area contributed by atoms with Crippen molar-refractivity contribution in [3.05, 3.63) is 83.4 Å². The molecule has 38 heavy (non-hydrogen) atoms. The van der Waals surface area contributed by atoms with E-state index >= 15 is 0 Å². The van der Waals surface area contributed by atoms with Gasteiger partial charge in [-0.2, -0.15) is 0 Å². The van der Waals surface area contributed by atoms with E-state index < -0.39 is 6.04 Å². The van der Waals surface area contributed by atoms with Crippen LogP contribution in [0.15, 0.2) is 66.7 Å². The van der Waals surface area contributed by atoms with Crippen LogP contribution in [0.25, 0.3) is 11.0 Å². The highest BCUT2D eigenvalue weighted by molar-refractivity contribution is 6.02. The monoisotopic (exact) mass is 511 g/mol. The molecule has 0 bridgehead atoms. The average molecular weight is 512 g/mol. The molecule has 8 nitrogen and oxygen atoms in total. The summed E-state index contributed by atoms with van der Waals surface area (Å²) in [6.45, 7) is 3.87. The van der Waals surface area contributed by atoms with E-state index in [0.717, 1.165) is 42.3 Å². The molecule has 1 saturated carbocycles. The molecule has 1 aliphatic carbocycles. The second-order valence-electron chi connectivity index (χ2n) is 9.96. The summed E-state index contributed by atoms with van der Waals surface area (Å²) in [5.74, 6) is 0.156. The Morgan fingerprint density at radius 3 is 2.63 bits per heavy atom. The number of aromatic nitrogens is 3. The van der Waals surface area contributed by atoms with E-state index in [2.05, 4.69) is 15.6 Å². The third-order valence-corrected chi connectivity index (χ3v) is 7.22. The number of aryl methyl sites for hydroxylation is 2. The van der Waals surface area contributed by atoms with E-state index in [9.17, 15) is 9.59 Å². The van der Waals surface area contributed by atoms with E-state index in [-0.39, 0.29) is 24.4 Å². The van der Waals surface area contributed by atoms with E-state index in [4.69, 9.17) is 4.74 Å². The lowest BCUT2D eigenvalue weighted by atomic mass is 10.00. The molecule has 1 aromatic heterocycles. The van der Waals surface area contributed by atoms with Gasteiger partial charge in [0.2, 0.25) is 11.8 Å². The number of rotatable bonds is 8. The third-order valence-electron chi connectivity index (χ3n) is 7.22. The number of amides is 2. The van der Waals surface area contributed by atoms with Crippen molar-refractivity contribution >= 4 is 28.5 Å². The zero-order valence-corrected chi connectivity index (χ0v) is 22.1. The van der Waals surface area contributed by atoms with Crippen molar-refractivity contribution in [1.29, 1.82) is 0 Å². The first kappa shape index (κ1) is 25.4. The van der Waals surface area contributed by atoms with Gasteiger partial charge in [-0.15, -0.1) is 5.10 Å². The first-order valence-electron chi connectivity index (χ1n) is 13.1. The van der Waals surface area contributed by atoms with Crippen molar-refractivity contribution in [2.24, 2.45) is 0 Å². The minimum Gasteiger partial charge on any atom is -0.497 e. The van der Waals surface area contributed by atoms with Gasteiger partial charge in [0, 0.05) is 11.7 Å². The van der Waals surface area contributed by atoms with Gasteiger partial charge in [-0.25, -0.2) is 4.68 Å². The normalized spacial score (nSPS) is 14.4. The number of nitrogens with one attached hydrogen (secondary N) is 1. The zero-order valence-electron chi connectivity index (χ0n) is 22.1. The summed E-state index contributed by atoms with van der Waals surface area (Å²) >= 11 is 0. The van der Waals surface area contributed by atoms with E-state index in [0.29, 0.717) is 22.5 Å². The van der Waals surface area contributed by atoms with Gasteiger partial charge in [0.15, 0.2) is 0 Å². The second-order valence-corrected chi connectivity index (χ2v) is 9.96. The molecule has 5 rings (SSSR count). The lowest BCUT2D eigenvalue weighted by Gasteiger charge is -2.33. The molecule has 0 radical (unpaired) electrons. The number of benzene rings is 3. The van der Waals surface area contributed by atoms with Gasteiger partial charge in [0.1, 0.15) is 23.9 Å². The van der Waals surface area contributed by atoms with Crippen LogP contribution in [0.4, 0.5) is 5.69 Å². The summed E-state index contributed by atoms with van der Waals surface area (Å²) in [5.41, 5.74) is 4.73. The Hall–Kier alpha value is -4.20.